The summed E-state index contributed by atoms with van der Waals surface area (Å²) >= 11 is 0. The lowest BCUT2D eigenvalue weighted by molar-refractivity contribution is -0.148. The third-order valence-corrected chi connectivity index (χ3v) is 3.75. The Labute approximate surface area is 139 Å². The highest BCUT2D eigenvalue weighted by molar-refractivity contribution is 5.77. The van der Waals surface area contributed by atoms with Crippen LogP contribution in [0.5, 0.6) is 5.75 Å². The highest BCUT2D eigenvalue weighted by Crippen LogP contribution is 2.20. The van der Waals surface area contributed by atoms with E-state index in [4.69, 9.17) is 18.7 Å². The Bertz CT molecular complexity index is 677. The average Bonchev–Trinajstić information content (AvgIpc) is 3.25. The molecule has 128 valence electrons. The molecular formula is C17H20N2O5. The van der Waals surface area contributed by atoms with Gasteiger partial charge in [0.25, 0.3) is 0 Å². The molecule has 0 N–H and O–H groups in total. The van der Waals surface area contributed by atoms with Gasteiger partial charge in [-0.2, -0.15) is 4.98 Å². The largest absolute Gasteiger partial charge is 0.425 e. The Balaban J connectivity index is 1.52. The summed E-state index contributed by atoms with van der Waals surface area (Å²) in [5, 5.41) is 3.84. The minimum Gasteiger partial charge on any atom is -0.425 e. The lowest BCUT2D eigenvalue weighted by Crippen LogP contribution is -2.29. The SMILES string of the molecule is Cc1nc(-c2ccc(OC(=O)[C@H](C)OC[C@@H]3CCCO3)cc2)no1. The van der Waals surface area contributed by atoms with Gasteiger partial charge in [-0.05, 0) is 44.0 Å². The molecule has 2 aromatic rings. The summed E-state index contributed by atoms with van der Waals surface area (Å²) < 4.78 is 21.2. The van der Waals surface area contributed by atoms with Crippen LogP contribution in [-0.2, 0) is 14.3 Å². The molecule has 1 aliphatic heterocycles. The number of hydrogen-bond donors (Lipinski definition) is 0. The van der Waals surface area contributed by atoms with E-state index in [1.54, 1.807) is 38.1 Å². The fraction of sp³-hybridized carbons (Fsp3) is 0.471. The highest BCUT2D eigenvalue weighted by Gasteiger charge is 2.21. The van der Waals surface area contributed by atoms with Crippen LogP contribution in [0, 0.1) is 6.92 Å². The van der Waals surface area contributed by atoms with E-state index < -0.39 is 12.1 Å². The molecule has 1 saturated heterocycles. The van der Waals surface area contributed by atoms with E-state index >= 15 is 0 Å². The number of carbonyl (C=O) groups excluding carboxylic acids is 1. The van der Waals surface area contributed by atoms with E-state index in [0.29, 0.717) is 24.1 Å². The number of esters is 1. The van der Waals surface area contributed by atoms with E-state index in [2.05, 4.69) is 10.1 Å². The first-order chi connectivity index (χ1) is 11.6. The van der Waals surface area contributed by atoms with Crippen molar-refractivity contribution < 1.29 is 23.5 Å². The zero-order valence-corrected chi connectivity index (χ0v) is 13.7. The second kappa shape index (κ2) is 7.55. The van der Waals surface area contributed by atoms with Crippen molar-refractivity contribution in [2.45, 2.75) is 38.9 Å². The number of aryl methyl sites for hydroxylation is 1. The van der Waals surface area contributed by atoms with Crippen molar-refractivity contribution in [3.8, 4) is 17.1 Å². The smallest absolute Gasteiger partial charge is 0.340 e. The topological polar surface area (TPSA) is 83.7 Å². The van der Waals surface area contributed by atoms with Crippen LogP contribution in [-0.4, -0.2) is 41.5 Å². The molecule has 0 bridgehead atoms. The molecule has 1 aromatic heterocycles. The molecule has 0 unspecified atom stereocenters. The predicted molar refractivity (Wildman–Crippen MR) is 84.5 cm³/mol. The van der Waals surface area contributed by atoms with Gasteiger partial charge in [-0.15, -0.1) is 0 Å². The molecule has 2 heterocycles. The standard InChI is InChI=1S/C17H20N2O5/c1-11(22-10-15-4-3-9-21-15)17(20)23-14-7-5-13(6-8-14)16-18-12(2)24-19-16/h5-8,11,15H,3-4,9-10H2,1-2H3/t11-,15-/m0/s1. The number of carbonyl (C=O) groups is 1. The number of nitrogens with zero attached hydrogens (tertiary/aromatic N) is 2. The molecule has 1 aliphatic rings. The quantitative estimate of drug-likeness (QED) is 0.593. The van der Waals surface area contributed by atoms with E-state index in [1.807, 2.05) is 0 Å². The van der Waals surface area contributed by atoms with Crippen LogP contribution in [0.25, 0.3) is 11.4 Å². The normalized spacial score (nSPS) is 18.5. The monoisotopic (exact) mass is 332 g/mol. The Morgan fingerprint density at radius 3 is 2.79 bits per heavy atom. The molecule has 0 radical (unpaired) electrons. The Morgan fingerprint density at radius 1 is 1.38 bits per heavy atom. The summed E-state index contributed by atoms with van der Waals surface area (Å²) in [6.45, 7) is 4.57. The van der Waals surface area contributed by atoms with E-state index in [-0.39, 0.29) is 6.10 Å². The fourth-order valence-corrected chi connectivity index (χ4v) is 2.38. The molecule has 1 aromatic carbocycles. The van der Waals surface area contributed by atoms with E-state index in [9.17, 15) is 4.79 Å². The maximum atomic E-state index is 12.0. The molecule has 0 aliphatic carbocycles. The molecule has 0 saturated carbocycles. The van der Waals surface area contributed by atoms with Gasteiger partial charge < -0.3 is 18.7 Å². The van der Waals surface area contributed by atoms with Crippen molar-refractivity contribution in [2.24, 2.45) is 0 Å². The van der Waals surface area contributed by atoms with Gasteiger partial charge in [-0.3, -0.25) is 0 Å². The van der Waals surface area contributed by atoms with Crippen LogP contribution in [0.15, 0.2) is 28.8 Å². The Morgan fingerprint density at radius 2 is 2.17 bits per heavy atom. The molecule has 2 atom stereocenters. The van der Waals surface area contributed by atoms with Gasteiger partial charge in [0.15, 0.2) is 6.10 Å². The molecule has 3 rings (SSSR count). The zero-order valence-electron chi connectivity index (χ0n) is 13.7. The number of rotatable bonds is 6. The van der Waals surface area contributed by atoms with Crippen LogP contribution in [0.4, 0.5) is 0 Å². The van der Waals surface area contributed by atoms with Crippen LogP contribution in [0.3, 0.4) is 0 Å². The number of ether oxygens (including phenoxy) is 3. The molecular weight excluding hydrogens is 312 g/mol. The van der Waals surface area contributed by atoms with Crippen LogP contribution in [0.1, 0.15) is 25.7 Å². The molecule has 1 fully saturated rings. The summed E-state index contributed by atoms with van der Waals surface area (Å²) in [7, 11) is 0. The Hall–Kier alpha value is -2.25. The average molecular weight is 332 g/mol. The van der Waals surface area contributed by atoms with Crippen LogP contribution < -0.4 is 4.74 Å². The van der Waals surface area contributed by atoms with Crippen LogP contribution in [0.2, 0.25) is 0 Å². The van der Waals surface area contributed by atoms with Gasteiger partial charge in [-0.25, -0.2) is 4.79 Å². The van der Waals surface area contributed by atoms with Gasteiger partial charge in [0.05, 0.1) is 12.7 Å². The molecule has 0 amide bonds. The van der Waals surface area contributed by atoms with Gasteiger partial charge in [-0.1, -0.05) is 5.16 Å². The van der Waals surface area contributed by atoms with Crippen molar-refractivity contribution in [3.63, 3.8) is 0 Å². The fourth-order valence-electron chi connectivity index (χ4n) is 2.38. The summed E-state index contributed by atoms with van der Waals surface area (Å²) in [6, 6.07) is 6.91. The van der Waals surface area contributed by atoms with Crippen molar-refractivity contribution in [3.05, 3.63) is 30.2 Å². The molecule has 7 heteroatoms. The van der Waals surface area contributed by atoms with Crippen molar-refractivity contribution in [2.75, 3.05) is 13.2 Å². The number of aromatic nitrogens is 2. The second-order valence-corrected chi connectivity index (χ2v) is 5.69. The maximum Gasteiger partial charge on any atom is 0.340 e. The summed E-state index contributed by atoms with van der Waals surface area (Å²) in [4.78, 5) is 16.2. The first kappa shape index (κ1) is 16.6. The Kier molecular flexibility index (Phi) is 5.22. The third kappa shape index (κ3) is 4.18. The summed E-state index contributed by atoms with van der Waals surface area (Å²) in [5.41, 5.74) is 0.786. The maximum absolute atomic E-state index is 12.0. The van der Waals surface area contributed by atoms with E-state index in [0.717, 1.165) is 25.0 Å². The van der Waals surface area contributed by atoms with Gasteiger partial charge in [0.1, 0.15) is 5.75 Å². The molecule has 24 heavy (non-hydrogen) atoms. The highest BCUT2D eigenvalue weighted by atomic mass is 16.6. The van der Waals surface area contributed by atoms with E-state index in [1.165, 1.54) is 0 Å². The molecule has 0 spiro atoms. The summed E-state index contributed by atoms with van der Waals surface area (Å²) in [6.07, 6.45) is 1.45. The van der Waals surface area contributed by atoms with Crippen molar-refractivity contribution in [1.29, 1.82) is 0 Å². The first-order valence-corrected chi connectivity index (χ1v) is 7.97. The minimum absolute atomic E-state index is 0.0814. The molecule has 7 nitrogen and oxygen atoms in total. The summed E-state index contributed by atoms with van der Waals surface area (Å²) in [5.74, 6) is 1.00. The first-order valence-electron chi connectivity index (χ1n) is 7.97. The van der Waals surface area contributed by atoms with Crippen molar-refractivity contribution in [1.82, 2.24) is 10.1 Å². The second-order valence-electron chi connectivity index (χ2n) is 5.69. The van der Waals surface area contributed by atoms with Crippen LogP contribution >= 0.6 is 0 Å². The van der Waals surface area contributed by atoms with Gasteiger partial charge >= 0.3 is 5.97 Å². The van der Waals surface area contributed by atoms with Crippen molar-refractivity contribution >= 4 is 5.97 Å². The van der Waals surface area contributed by atoms with Gasteiger partial charge in [0.2, 0.25) is 11.7 Å². The minimum atomic E-state index is -0.645. The number of hydrogen-bond acceptors (Lipinski definition) is 7. The predicted octanol–water partition coefficient (Wildman–Crippen LogP) is 2.53. The van der Waals surface area contributed by atoms with Gasteiger partial charge in [0, 0.05) is 19.1 Å². The zero-order chi connectivity index (χ0) is 16.9. The third-order valence-electron chi connectivity index (χ3n) is 3.75. The lowest BCUT2D eigenvalue weighted by Gasteiger charge is -2.15. The number of benzene rings is 1. The lowest BCUT2D eigenvalue weighted by atomic mass is 10.2.